The molecule has 1 aliphatic heterocycles. The molecule has 2 rings (SSSR count). The largest absolute Gasteiger partial charge is 0.478 e. The smallest absolute Gasteiger partial charge is 0.335 e. The average Bonchev–Trinajstić information content (AvgIpc) is 2.58. The van der Waals surface area contributed by atoms with Crippen LogP contribution in [0.25, 0.3) is 6.08 Å². The summed E-state index contributed by atoms with van der Waals surface area (Å²) in [5, 5.41) is 11.2. The molecule has 1 aromatic carbocycles. The van der Waals surface area contributed by atoms with Crippen molar-refractivity contribution < 1.29 is 19.5 Å². The van der Waals surface area contributed by atoms with Crippen molar-refractivity contribution in [2.75, 3.05) is 0 Å². The van der Waals surface area contributed by atoms with Gasteiger partial charge in [0.25, 0.3) is 0 Å². The van der Waals surface area contributed by atoms with Gasteiger partial charge in [-0.05, 0) is 23.8 Å². The highest BCUT2D eigenvalue weighted by Gasteiger charge is 2.23. The van der Waals surface area contributed by atoms with E-state index in [-0.39, 0.29) is 29.4 Å². The van der Waals surface area contributed by atoms with E-state index in [0.29, 0.717) is 5.56 Å². The molecule has 5 heteroatoms. The number of carboxylic acid groups (broad SMARTS) is 1. The van der Waals surface area contributed by atoms with Gasteiger partial charge in [0.15, 0.2) is 5.78 Å². The lowest BCUT2D eigenvalue weighted by molar-refractivity contribution is -0.121. The highest BCUT2D eigenvalue weighted by atomic mass is 16.4. The number of hydrogen-bond donors (Lipinski definition) is 2. The van der Waals surface area contributed by atoms with E-state index < -0.39 is 5.97 Å². The number of carbonyl (C=O) groups excluding carboxylic acids is 2. The molecule has 0 bridgehead atoms. The number of ketones is 1. The first-order valence-corrected chi connectivity index (χ1v) is 4.94. The van der Waals surface area contributed by atoms with E-state index in [4.69, 9.17) is 5.11 Å². The van der Waals surface area contributed by atoms with Gasteiger partial charge in [-0.25, -0.2) is 4.79 Å². The number of benzene rings is 1. The standard InChI is InChI=1S/C12H9NO4/c14-10-6-11(15)13-9(10)5-7-1-3-8(4-2-7)12(16)17/h1-5H,6H2,(H,13,15)(H,16,17)/b9-5+. The zero-order valence-corrected chi connectivity index (χ0v) is 8.77. The molecule has 0 aromatic heterocycles. The third-order valence-electron chi connectivity index (χ3n) is 2.36. The quantitative estimate of drug-likeness (QED) is 0.583. The Bertz CT molecular complexity index is 528. The summed E-state index contributed by atoms with van der Waals surface area (Å²) in [5.74, 6) is -1.57. The van der Waals surface area contributed by atoms with E-state index in [1.54, 1.807) is 12.1 Å². The summed E-state index contributed by atoms with van der Waals surface area (Å²) in [7, 11) is 0. The second-order valence-electron chi connectivity index (χ2n) is 3.63. The Kier molecular flexibility index (Phi) is 2.74. The fraction of sp³-hybridized carbons (Fsp3) is 0.0833. The van der Waals surface area contributed by atoms with Crippen molar-refractivity contribution in [1.82, 2.24) is 5.32 Å². The maximum absolute atomic E-state index is 11.3. The molecule has 17 heavy (non-hydrogen) atoms. The second kappa shape index (κ2) is 4.21. The van der Waals surface area contributed by atoms with E-state index in [9.17, 15) is 14.4 Å². The third-order valence-corrected chi connectivity index (χ3v) is 2.36. The fourth-order valence-corrected chi connectivity index (χ4v) is 1.51. The van der Waals surface area contributed by atoms with Crippen molar-refractivity contribution in [3.8, 4) is 0 Å². The molecule has 1 aromatic rings. The van der Waals surface area contributed by atoms with Gasteiger partial charge in [-0.3, -0.25) is 9.59 Å². The number of rotatable bonds is 2. The van der Waals surface area contributed by atoms with Crippen LogP contribution in [0.2, 0.25) is 0 Å². The predicted molar refractivity (Wildman–Crippen MR) is 59.1 cm³/mol. The number of aromatic carboxylic acids is 1. The molecule has 0 spiro atoms. The van der Waals surface area contributed by atoms with Crippen molar-refractivity contribution in [2.24, 2.45) is 0 Å². The second-order valence-corrected chi connectivity index (χ2v) is 3.63. The van der Waals surface area contributed by atoms with Crippen molar-refractivity contribution in [1.29, 1.82) is 0 Å². The summed E-state index contributed by atoms with van der Waals surface area (Å²) in [6.45, 7) is 0. The van der Waals surface area contributed by atoms with Gasteiger partial charge in [0.05, 0.1) is 17.7 Å². The maximum atomic E-state index is 11.3. The molecule has 1 saturated heterocycles. The summed E-state index contributed by atoms with van der Waals surface area (Å²) in [6, 6.07) is 6.04. The number of amides is 1. The molecule has 0 saturated carbocycles. The van der Waals surface area contributed by atoms with Crippen molar-refractivity contribution in [3.05, 3.63) is 41.1 Å². The average molecular weight is 231 g/mol. The summed E-state index contributed by atoms with van der Waals surface area (Å²) < 4.78 is 0. The van der Waals surface area contributed by atoms with E-state index >= 15 is 0 Å². The van der Waals surface area contributed by atoms with Gasteiger partial charge in [-0.15, -0.1) is 0 Å². The monoisotopic (exact) mass is 231 g/mol. The molecule has 1 heterocycles. The van der Waals surface area contributed by atoms with Gasteiger partial charge in [-0.1, -0.05) is 12.1 Å². The predicted octanol–water partition coefficient (Wildman–Crippen LogP) is 0.815. The summed E-state index contributed by atoms with van der Waals surface area (Å²) >= 11 is 0. The number of hydrogen-bond acceptors (Lipinski definition) is 3. The third kappa shape index (κ3) is 2.39. The molecule has 0 unspecified atom stereocenters. The van der Waals surface area contributed by atoms with Crippen LogP contribution < -0.4 is 5.32 Å². The Morgan fingerprint density at radius 3 is 2.35 bits per heavy atom. The van der Waals surface area contributed by atoms with Crippen molar-refractivity contribution in [3.63, 3.8) is 0 Å². The van der Waals surface area contributed by atoms with Crippen LogP contribution in [-0.2, 0) is 9.59 Å². The molecule has 1 amide bonds. The van der Waals surface area contributed by atoms with Crippen LogP contribution in [0.4, 0.5) is 0 Å². The van der Waals surface area contributed by atoms with Crippen LogP contribution in [0, 0.1) is 0 Å². The molecular weight excluding hydrogens is 222 g/mol. The van der Waals surface area contributed by atoms with Crippen LogP contribution >= 0.6 is 0 Å². The Hall–Kier alpha value is -2.43. The van der Waals surface area contributed by atoms with Crippen molar-refractivity contribution in [2.45, 2.75) is 6.42 Å². The minimum absolute atomic E-state index is 0.126. The highest BCUT2D eigenvalue weighted by Crippen LogP contribution is 2.13. The molecule has 0 aliphatic carbocycles. The van der Waals surface area contributed by atoms with Gasteiger partial charge in [0.1, 0.15) is 0 Å². The molecule has 1 aliphatic rings. The van der Waals surface area contributed by atoms with Crippen molar-refractivity contribution >= 4 is 23.7 Å². The molecule has 1 fully saturated rings. The zero-order valence-electron chi connectivity index (χ0n) is 8.77. The molecule has 5 nitrogen and oxygen atoms in total. The Morgan fingerprint density at radius 1 is 1.24 bits per heavy atom. The Balaban J connectivity index is 2.24. The molecule has 86 valence electrons. The number of allylic oxidation sites excluding steroid dienone is 1. The Labute approximate surface area is 96.8 Å². The molecule has 0 radical (unpaired) electrons. The van der Waals surface area contributed by atoms with Gasteiger partial charge in [-0.2, -0.15) is 0 Å². The zero-order chi connectivity index (χ0) is 12.4. The van der Waals surface area contributed by atoms with E-state index in [1.807, 2.05) is 0 Å². The molecule has 0 atom stereocenters. The highest BCUT2D eigenvalue weighted by molar-refractivity contribution is 6.16. The van der Waals surface area contributed by atoms with Gasteiger partial charge in [0.2, 0.25) is 5.91 Å². The Morgan fingerprint density at radius 2 is 1.88 bits per heavy atom. The lowest BCUT2D eigenvalue weighted by Gasteiger charge is -1.98. The first-order valence-electron chi connectivity index (χ1n) is 4.94. The molecular formula is C12H9NO4. The summed E-state index contributed by atoms with van der Waals surface area (Å²) in [5.41, 5.74) is 1.09. The van der Waals surface area contributed by atoms with Crippen LogP contribution in [-0.4, -0.2) is 22.8 Å². The topological polar surface area (TPSA) is 83.5 Å². The van der Waals surface area contributed by atoms with E-state index in [2.05, 4.69) is 5.32 Å². The normalized spacial score (nSPS) is 17.3. The number of carboxylic acids is 1. The van der Waals surface area contributed by atoms with Gasteiger partial charge < -0.3 is 10.4 Å². The van der Waals surface area contributed by atoms with Crippen LogP contribution in [0.5, 0.6) is 0 Å². The first kappa shape index (κ1) is 11.1. The van der Waals surface area contributed by atoms with E-state index in [0.717, 1.165) is 0 Å². The minimum Gasteiger partial charge on any atom is -0.478 e. The first-order chi connectivity index (χ1) is 8.06. The lowest BCUT2D eigenvalue weighted by atomic mass is 10.1. The SMILES string of the molecule is O=C1CC(=O)/C(=C\c2ccc(C(=O)O)cc2)N1. The fourth-order valence-electron chi connectivity index (χ4n) is 1.51. The van der Waals surface area contributed by atoms with Crippen LogP contribution in [0.3, 0.4) is 0 Å². The van der Waals surface area contributed by atoms with E-state index in [1.165, 1.54) is 18.2 Å². The van der Waals surface area contributed by atoms with Gasteiger partial charge in [0, 0.05) is 0 Å². The summed E-state index contributed by atoms with van der Waals surface area (Å²) in [4.78, 5) is 32.9. The molecule has 2 N–H and O–H groups in total. The maximum Gasteiger partial charge on any atom is 0.335 e. The van der Waals surface area contributed by atoms with Crippen LogP contribution in [0.15, 0.2) is 30.0 Å². The number of carbonyl (C=O) groups is 3. The minimum atomic E-state index is -1.01. The number of nitrogens with one attached hydrogen (secondary N) is 1. The number of Topliss-reactive ketones (excluding diaryl/α,β-unsaturated/α-hetero) is 1. The summed E-state index contributed by atoms with van der Waals surface area (Å²) in [6.07, 6.45) is 1.40. The lowest BCUT2D eigenvalue weighted by Crippen LogP contribution is -2.12. The van der Waals surface area contributed by atoms with Crippen LogP contribution in [0.1, 0.15) is 22.3 Å². The van der Waals surface area contributed by atoms with Gasteiger partial charge >= 0.3 is 5.97 Å².